The third-order valence-electron chi connectivity index (χ3n) is 6.97. The van der Waals surface area contributed by atoms with E-state index in [-0.39, 0.29) is 0 Å². The molecule has 34 heavy (non-hydrogen) atoms. The van der Waals surface area contributed by atoms with Crippen LogP contribution >= 0.6 is 0 Å². The van der Waals surface area contributed by atoms with Gasteiger partial charge in [-0.25, -0.2) is 9.97 Å². The zero-order valence-corrected chi connectivity index (χ0v) is 19.1. The Morgan fingerprint density at radius 2 is 1.68 bits per heavy atom. The normalized spacial score (nSPS) is 16.3. The fourth-order valence-electron chi connectivity index (χ4n) is 5.11. The first-order chi connectivity index (χ1) is 16.5. The molecule has 0 unspecified atom stereocenters. The molecule has 0 radical (unpaired) electrons. The molecule has 2 aliphatic rings. The van der Waals surface area contributed by atoms with E-state index in [1.165, 1.54) is 55.3 Å². The molecule has 178 valence electrons. The number of nitrogens with one attached hydrogen (secondary N) is 2. The number of benzene rings is 2. The van der Waals surface area contributed by atoms with E-state index in [2.05, 4.69) is 32.7 Å². The van der Waals surface area contributed by atoms with Gasteiger partial charge in [0.2, 0.25) is 0 Å². The van der Waals surface area contributed by atoms with Crippen LogP contribution in [0.4, 0.5) is 30.4 Å². The van der Waals surface area contributed by atoms with Gasteiger partial charge in [-0.05, 0) is 73.4 Å². The van der Waals surface area contributed by atoms with Crippen molar-refractivity contribution in [1.82, 2.24) is 9.97 Å². The molecule has 1 heterocycles. The molecule has 4 nitrogen and oxygen atoms in total. The maximum absolute atomic E-state index is 13.4. The van der Waals surface area contributed by atoms with E-state index in [1.54, 1.807) is 6.07 Å². The second-order valence-electron chi connectivity index (χ2n) is 9.39. The molecule has 1 aromatic heterocycles. The third-order valence-corrected chi connectivity index (χ3v) is 6.97. The molecular formula is C27H29F3N4. The number of alkyl halides is 3. The molecule has 0 bridgehead atoms. The molecule has 3 aromatic rings. The largest absolute Gasteiger partial charge is 0.416 e. The fourth-order valence-corrected chi connectivity index (χ4v) is 5.11. The first kappa shape index (κ1) is 22.7. The first-order valence-corrected chi connectivity index (χ1v) is 12.1. The second-order valence-corrected chi connectivity index (χ2v) is 9.39. The topological polar surface area (TPSA) is 49.8 Å². The van der Waals surface area contributed by atoms with E-state index in [9.17, 15) is 13.2 Å². The highest BCUT2D eigenvalue weighted by atomic mass is 19.4. The number of halogens is 3. The summed E-state index contributed by atoms with van der Waals surface area (Å²) >= 11 is 0. The number of rotatable bonds is 6. The van der Waals surface area contributed by atoms with Gasteiger partial charge in [0.1, 0.15) is 12.1 Å². The lowest BCUT2D eigenvalue weighted by Crippen LogP contribution is -2.18. The van der Waals surface area contributed by atoms with Crippen LogP contribution in [-0.2, 0) is 19.0 Å². The van der Waals surface area contributed by atoms with Crippen molar-refractivity contribution in [1.29, 1.82) is 0 Å². The van der Waals surface area contributed by atoms with Gasteiger partial charge in [0.25, 0.3) is 0 Å². The van der Waals surface area contributed by atoms with Crippen molar-refractivity contribution < 1.29 is 13.2 Å². The van der Waals surface area contributed by atoms with Crippen LogP contribution in [0, 0.1) is 5.92 Å². The SMILES string of the molecule is FC(F)(F)c1ccc(-c2cc(Nc3ccc4c(c3)CCC4)ncn2)c(NCC2CCCCC2)c1. The van der Waals surface area contributed by atoms with E-state index in [1.807, 2.05) is 6.07 Å². The summed E-state index contributed by atoms with van der Waals surface area (Å²) in [6, 6.07) is 12.0. The summed E-state index contributed by atoms with van der Waals surface area (Å²) in [7, 11) is 0. The number of aromatic nitrogens is 2. The Labute approximate surface area is 198 Å². The molecule has 2 aromatic carbocycles. The smallest absolute Gasteiger partial charge is 0.384 e. The minimum absolute atomic E-state index is 0.461. The van der Waals surface area contributed by atoms with Crippen LogP contribution in [0.1, 0.15) is 55.2 Å². The minimum atomic E-state index is -4.40. The second kappa shape index (κ2) is 9.65. The molecule has 7 heteroatoms. The van der Waals surface area contributed by atoms with Crippen LogP contribution in [0.15, 0.2) is 48.8 Å². The van der Waals surface area contributed by atoms with Gasteiger partial charge >= 0.3 is 6.18 Å². The van der Waals surface area contributed by atoms with Gasteiger partial charge in [0.05, 0.1) is 11.3 Å². The number of hydrogen-bond acceptors (Lipinski definition) is 4. The molecule has 0 amide bonds. The van der Waals surface area contributed by atoms with Crippen molar-refractivity contribution >= 4 is 17.2 Å². The number of anilines is 3. The van der Waals surface area contributed by atoms with Crippen LogP contribution in [0.5, 0.6) is 0 Å². The average molecular weight is 467 g/mol. The van der Waals surface area contributed by atoms with E-state index in [0.29, 0.717) is 35.2 Å². The van der Waals surface area contributed by atoms with Crippen molar-refractivity contribution in [3.05, 3.63) is 65.5 Å². The van der Waals surface area contributed by atoms with Crippen molar-refractivity contribution in [3.8, 4) is 11.3 Å². The van der Waals surface area contributed by atoms with E-state index >= 15 is 0 Å². The zero-order valence-electron chi connectivity index (χ0n) is 19.1. The molecule has 1 saturated carbocycles. The fraction of sp³-hybridized carbons (Fsp3) is 0.407. The van der Waals surface area contributed by atoms with E-state index in [4.69, 9.17) is 0 Å². The molecule has 2 aliphatic carbocycles. The lowest BCUT2D eigenvalue weighted by Gasteiger charge is -2.23. The summed E-state index contributed by atoms with van der Waals surface area (Å²) in [5, 5.41) is 6.64. The predicted molar refractivity (Wildman–Crippen MR) is 129 cm³/mol. The van der Waals surface area contributed by atoms with Crippen molar-refractivity contribution in [2.45, 2.75) is 57.5 Å². The van der Waals surface area contributed by atoms with Gasteiger partial charge in [-0.3, -0.25) is 0 Å². The minimum Gasteiger partial charge on any atom is -0.384 e. The highest BCUT2D eigenvalue weighted by Gasteiger charge is 2.31. The monoisotopic (exact) mass is 466 g/mol. The Morgan fingerprint density at radius 1 is 0.853 bits per heavy atom. The number of fused-ring (bicyclic) bond motifs is 1. The van der Waals surface area contributed by atoms with Crippen LogP contribution in [0.25, 0.3) is 11.3 Å². The Kier molecular flexibility index (Phi) is 6.44. The maximum Gasteiger partial charge on any atom is 0.416 e. The van der Waals surface area contributed by atoms with Gasteiger partial charge in [-0.2, -0.15) is 13.2 Å². The maximum atomic E-state index is 13.4. The van der Waals surface area contributed by atoms with Crippen molar-refractivity contribution in [2.24, 2.45) is 5.92 Å². The standard InChI is InChI=1S/C27H29F3N4/c28-27(29,30)21-10-12-23(24(14-21)31-16-18-5-2-1-3-6-18)25-15-26(33-17-32-25)34-22-11-9-19-7-4-8-20(19)13-22/h9-15,17-18,31H,1-8,16H2,(H,32,33,34). The van der Waals surface area contributed by atoms with Crippen LogP contribution in [0.3, 0.4) is 0 Å². The summed E-state index contributed by atoms with van der Waals surface area (Å²) in [5.41, 5.74) is 4.73. The lowest BCUT2D eigenvalue weighted by molar-refractivity contribution is -0.137. The van der Waals surface area contributed by atoms with E-state index in [0.717, 1.165) is 37.4 Å². The molecule has 0 saturated heterocycles. The highest BCUT2D eigenvalue weighted by molar-refractivity contribution is 5.78. The van der Waals surface area contributed by atoms with E-state index < -0.39 is 11.7 Å². The molecule has 1 fully saturated rings. The third kappa shape index (κ3) is 5.18. The Hall–Kier alpha value is -3.09. The first-order valence-electron chi connectivity index (χ1n) is 12.1. The molecular weight excluding hydrogens is 437 g/mol. The summed E-state index contributed by atoms with van der Waals surface area (Å²) in [6.07, 6.45) is 6.29. The summed E-state index contributed by atoms with van der Waals surface area (Å²) in [6.45, 7) is 0.666. The van der Waals surface area contributed by atoms with Crippen LogP contribution in [0.2, 0.25) is 0 Å². The summed E-state index contributed by atoms with van der Waals surface area (Å²) in [5.74, 6) is 1.10. The predicted octanol–water partition coefficient (Wildman–Crippen LogP) is 7.39. The molecule has 5 rings (SSSR count). The molecule has 0 aliphatic heterocycles. The number of nitrogens with zero attached hydrogens (tertiary/aromatic N) is 2. The molecule has 2 N–H and O–H groups in total. The van der Waals surface area contributed by atoms with Crippen molar-refractivity contribution in [2.75, 3.05) is 17.2 Å². The number of hydrogen-bond donors (Lipinski definition) is 2. The summed E-state index contributed by atoms with van der Waals surface area (Å²) < 4.78 is 40.3. The summed E-state index contributed by atoms with van der Waals surface area (Å²) in [4.78, 5) is 8.72. The van der Waals surface area contributed by atoms with Crippen molar-refractivity contribution in [3.63, 3.8) is 0 Å². The average Bonchev–Trinajstić information content (AvgIpc) is 3.31. The number of aryl methyl sites for hydroxylation is 2. The van der Waals surface area contributed by atoms with Gasteiger partial charge in [-0.15, -0.1) is 0 Å². The lowest BCUT2D eigenvalue weighted by atomic mass is 9.89. The Balaban J connectivity index is 1.41. The van der Waals surface area contributed by atoms with Gasteiger partial charge in [0.15, 0.2) is 0 Å². The molecule has 0 atom stereocenters. The van der Waals surface area contributed by atoms with Gasteiger partial charge < -0.3 is 10.6 Å². The Bertz CT molecular complexity index is 1150. The zero-order chi connectivity index (χ0) is 23.5. The molecule has 0 spiro atoms. The Morgan fingerprint density at radius 3 is 2.50 bits per heavy atom. The van der Waals surface area contributed by atoms with Gasteiger partial charge in [0, 0.05) is 29.5 Å². The van der Waals surface area contributed by atoms with Crippen LogP contribution < -0.4 is 10.6 Å². The highest BCUT2D eigenvalue weighted by Crippen LogP contribution is 2.36. The van der Waals surface area contributed by atoms with Crippen LogP contribution in [-0.4, -0.2) is 16.5 Å². The quantitative estimate of drug-likeness (QED) is 0.398. The van der Waals surface area contributed by atoms with Gasteiger partial charge in [-0.1, -0.05) is 31.4 Å².